The molecule has 0 aliphatic rings. The summed E-state index contributed by atoms with van der Waals surface area (Å²) < 4.78 is 26.8. The maximum absolute atomic E-state index is 12.6. The minimum absolute atomic E-state index is 0.0268. The molecule has 2 heterocycles. The molecule has 3 rings (SSSR count). The number of hydrogen-bond acceptors (Lipinski definition) is 8. The van der Waals surface area contributed by atoms with Crippen LogP contribution in [0.15, 0.2) is 54.0 Å². The van der Waals surface area contributed by atoms with Crippen molar-refractivity contribution in [1.29, 1.82) is 0 Å². The van der Waals surface area contributed by atoms with Gasteiger partial charge in [-0.2, -0.15) is 13.6 Å². The molecule has 0 aliphatic heterocycles. The van der Waals surface area contributed by atoms with Crippen molar-refractivity contribution < 1.29 is 22.2 Å². The van der Waals surface area contributed by atoms with Crippen LogP contribution in [-0.4, -0.2) is 30.1 Å². The Hall–Kier alpha value is -3.15. The third-order valence-corrected chi connectivity index (χ3v) is 6.10. The Labute approximate surface area is 196 Å². The van der Waals surface area contributed by atoms with E-state index in [0.717, 1.165) is 22.7 Å². The maximum Gasteiger partial charge on any atom is 0.380 e. The van der Waals surface area contributed by atoms with Crippen LogP contribution in [0.1, 0.15) is 52.6 Å². The fourth-order valence-corrected chi connectivity index (χ4v) is 4.38. The Morgan fingerprint density at radius 3 is 2.52 bits per heavy atom. The van der Waals surface area contributed by atoms with Gasteiger partial charge in [0.25, 0.3) is 0 Å². The average Bonchev–Trinajstić information content (AvgIpc) is 3.27. The van der Waals surface area contributed by atoms with Crippen LogP contribution in [0.5, 0.6) is 5.75 Å². The third kappa shape index (κ3) is 7.74. The number of nitrogens with zero attached hydrogens (tertiary/aromatic N) is 2. The molecule has 0 saturated heterocycles. The van der Waals surface area contributed by atoms with Gasteiger partial charge in [-0.25, -0.2) is 4.98 Å². The summed E-state index contributed by atoms with van der Waals surface area (Å²) in [5.41, 5.74) is 2.09. The summed E-state index contributed by atoms with van der Waals surface area (Å²) in [5.74, 6) is -0.376. The minimum Gasteiger partial charge on any atom is -0.371 e. The number of aromatic nitrogens is 2. The molecule has 1 unspecified atom stereocenters. The molecule has 1 aromatic carbocycles. The quantitative estimate of drug-likeness (QED) is 0.395. The molecule has 11 heteroatoms. The number of aryl methyl sites for hydroxylation is 1. The second-order valence-corrected chi connectivity index (χ2v) is 9.26. The number of ketones is 1. The molecule has 1 amide bonds. The predicted molar refractivity (Wildman–Crippen MR) is 124 cm³/mol. The largest absolute Gasteiger partial charge is 0.380 e. The number of nitrogens with one attached hydrogen (secondary N) is 1. The van der Waals surface area contributed by atoms with Gasteiger partial charge < -0.3 is 9.50 Å². The monoisotopic (exact) mass is 488 g/mol. The first-order valence-corrected chi connectivity index (χ1v) is 12.6. The van der Waals surface area contributed by atoms with E-state index in [9.17, 15) is 18.0 Å². The Kier molecular flexibility index (Phi) is 8.26. The SMILES string of the molecule is CCc1csc(C(Cc2ccc(OS(N)(=O)=O)cc2)NC(=O)CCC(=O)c2ccccn2)n1. The lowest BCUT2D eigenvalue weighted by molar-refractivity contribution is -0.121. The van der Waals surface area contributed by atoms with E-state index in [2.05, 4.69) is 19.5 Å². The van der Waals surface area contributed by atoms with E-state index < -0.39 is 16.3 Å². The first-order chi connectivity index (χ1) is 15.7. The summed E-state index contributed by atoms with van der Waals surface area (Å²) >= 11 is 1.45. The van der Waals surface area contributed by atoms with Crippen molar-refractivity contribution in [2.45, 2.75) is 38.6 Å². The molecule has 33 heavy (non-hydrogen) atoms. The van der Waals surface area contributed by atoms with Crippen LogP contribution >= 0.6 is 11.3 Å². The van der Waals surface area contributed by atoms with Crippen LogP contribution in [0.2, 0.25) is 0 Å². The Bertz CT molecular complexity index is 1200. The molecule has 1 atom stereocenters. The van der Waals surface area contributed by atoms with Crippen LogP contribution in [0.4, 0.5) is 0 Å². The maximum atomic E-state index is 12.6. The number of nitrogens with two attached hydrogens (primary N) is 1. The summed E-state index contributed by atoms with van der Waals surface area (Å²) in [6, 6.07) is 11.0. The summed E-state index contributed by atoms with van der Waals surface area (Å²) in [4.78, 5) is 33.5. The van der Waals surface area contributed by atoms with Gasteiger partial charge in [0.05, 0.1) is 11.7 Å². The summed E-state index contributed by atoms with van der Waals surface area (Å²) in [6.07, 6.45) is 2.81. The zero-order valence-corrected chi connectivity index (χ0v) is 19.6. The van der Waals surface area contributed by atoms with Crippen LogP contribution in [0, 0.1) is 0 Å². The second kappa shape index (κ2) is 11.1. The van der Waals surface area contributed by atoms with E-state index >= 15 is 0 Å². The number of benzene rings is 1. The van der Waals surface area contributed by atoms with Gasteiger partial charge in [0, 0.05) is 24.4 Å². The van der Waals surface area contributed by atoms with E-state index in [4.69, 9.17) is 5.14 Å². The van der Waals surface area contributed by atoms with Gasteiger partial charge in [-0.3, -0.25) is 14.6 Å². The van der Waals surface area contributed by atoms with Crippen molar-refractivity contribution in [3.05, 3.63) is 76.0 Å². The zero-order chi connectivity index (χ0) is 23.8. The van der Waals surface area contributed by atoms with E-state index in [-0.39, 0.29) is 30.3 Å². The van der Waals surface area contributed by atoms with Crippen molar-refractivity contribution in [3.8, 4) is 5.75 Å². The van der Waals surface area contributed by atoms with Crippen LogP contribution in [0.3, 0.4) is 0 Å². The number of carbonyl (C=O) groups is 2. The lowest BCUT2D eigenvalue weighted by Crippen LogP contribution is -2.30. The molecule has 0 bridgehead atoms. The number of thiazole rings is 1. The van der Waals surface area contributed by atoms with Crippen molar-refractivity contribution in [1.82, 2.24) is 15.3 Å². The molecule has 0 fully saturated rings. The number of hydrogen-bond donors (Lipinski definition) is 2. The Morgan fingerprint density at radius 1 is 1.15 bits per heavy atom. The first-order valence-electron chi connectivity index (χ1n) is 10.2. The Balaban J connectivity index is 1.68. The van der Waals surface area contributed by atoms with Gasteiger partial charge in [-0.15, -0.1) is 11.3 Å². The number of carbonyl (C=O) groups excluding carboxylic acids is 2. The molecule has 0 saturated carbocycles. The number of rotatable bonds is 11. The van der Waals surface area contributed by atoms with Gasteiger partial charge in [0.15, 0.2) is 5.78 Å². The number of amides is 1. The molecule has 174 valence electrons. The van der Waals surface area contributed by atoms with Gasteiger partial charge in [0.2, 0.25) is 5.91 Å². The van der Waals surface area contributed by atoms with Crippen LogP contribution < -0.4 is 14.6 Å². The fourth-order valence-electron chi connectivity index (χ4n) is 3.05. The van der Waals surface area contributed by atoms with E-state index in [0.29, 0.717) is 12.1 Å². The normalized spacial score (nSPS) is 12.2. The van der Waals surface area contributed by atoms with Crippen molar-refractivity contribution in [2.24, 2.45) is 5.14 Å². The van der Waals surface area contributed by atoms with Gasteiger partial charge in [-0.1, -0.05) is 25.1 Å². The van der Waals surface area contributed by atoms with Crippen molar-refractivity contribution in [2.75, 3.05) is 0 Å². The lowest BCUT2D eigenvalue weighted by Gasteiger charge is -2.17. The van der Waals surface area contributed by atoms with E-state index in [1.165, 1.54) is 29.7 Å². The Morgan fingerprint density at radius 2 is 1.91 bits per heavy atom. The number of pyridine rings is 1. The second-order valence-electron chi connectivity index (χ2n) is 7.21. The summed E-state index contributed by atoms with van der Waals surface area (Å²) in [7, 11) is -4.10. The van der Waals surface area contributed by atoms with Crippen molar-refractivity contribution >= 4 is 33.3 Å². The molecule has 0 aliphatic carbocycles. The first kappa shape index (κ1) is 24.5. The fraction of sp³-hybridized carbons (Fsp3) is 0.273. The number of Topliss-reactive ketones (excluding diaryl/α,β-unsaturated/α-hetero) is 1. The highest BCUT2D eigenvalue weighted by Gasteiger charge is 2.20. The topological polar surface area (TPSA) is 141 Å². The summed E-state index contributed by atoms with van der Waals surface area (Å²) in [6.45, 7) is 2.00. The average molecular weight is 489 g/mol. The lowest BCUT2D eigenvalue weighted by atomic mass is 10.1. The molecule has 2 aromatic heterocycles. The van der Waals surface area contributed by atoms with Gasteiger partial charge in [-0.05, 0) is 42.7 Å². The molecule has 0 radical (unpaired) electrons. The third-order valence-electron chi connectivity index (χ3n) is 4.67. The smallest absolute Gasteiger partial charge is 0.371 e. The standard InChI is InChI=1S/C22H24N4O5S2/c1-2-16-14-32-22(25-16)19(13-15-6-8-17(9-7-15)31-33(23,29)30)26-21(28)11-10-20(27)18-5-3-4-12-24-18/h3-9,12,14,19H,2,10-11,13H2,1H3,(H,26,28)(H2,23,29,30). The highest BCUT2D eigenvalue weighted by Crippen LogP contribution is 2.24. The highest BCUT2D eigenvalue weighted by atomic mass is 32.2. The zero-order valence-electron chi connectivity index (χ0n) is 17.9. The van der Waals surface area contributed by atoms with Gasteiger partial charge in [0.1, 0.15) is 16.5 Å². The molecule has 3 aromatic rings. The molecule has 9 nitrogen and oxygen atoms in total. The predicted octanol–water partition coefficient (Wildman–Crippen LogP) is 2.75. The van der Waals surface area contributed by atoms with E-state index in [1.54, 1.807) is 30.3 Å². The summed E-state index contributed by atoms with van der Waals surface area (Å²) in [5, 5.41) is 10.6. The molecule has 3 N–H and O–H groups in total. The van der Waals surface area contributed by atoms with Crippen LogP contribution in [0.25, 0.3) is 0 Å². The molecular weight excluding hydrogens is 464 g/mol. The van der Waals surface area contributed by atoms with Gasteiger partial charge >= 0.3 is 10.3 Å². The van der Waals surface area contributed by atoms with E-state index in [1.807, 2.05) is 12.3 Å². The molecule has 0 spiro atoms. The van der Waals surface area contributed by atoms with Crippen molar-refractivity contribution in [3.63, 3.8) is 0 Å². The minimum atomic E-state index is -4.10. The highest BCUT2D eigenvalue weighted by molar-refractivity contribution is 7.84. The van der Waals surface area contributed by atoms with Crippen LogP contribution in [-0.2, 0) is 27.9 Å². The molecular formula is C22H24N4O5S2.